The van der Waals surface area contributed by atoms with Crippen molar-refractivity contribution in [2.45, 2.75) is 6.04 Å². The molecule has 0 spiro atoms. The van der Waals surface area contributed by atoms with E-state index in [2.05, 4.69) is 20.6 Å². The topological polar surface area (TPSA) is 55.6 Å². The van der Waals surface area contributed by atoms with E-state index in [1.54, 1.807) is 24.1 Å². The normalized spacial score (nSPS) is 12.3. The first kappa shape index (κ1) is 13.4. The van der Waals surface area contributed by atoms with Crippen molar-refractivity contribution in [1.29, 1.82) is 0 Å². The van der Waals surface area contributed by atoms with Crippen molar-refractivity contribution in [3.05, 3.63) is 72.1 Å². The molecule has 3 rings (SSSR count). The third kappa shape index (κ3) is 2.66. The molecule has 0 fully saturated rings. The molecule has 1 N–H and O–H groups in total. The van der Waals surface area contributed by atoms with Gasteiger partial charge < -0.3 is 5.32 Å². The minimum absolute atomic E-state index is 0.247. The second kappa shape index (κ2) is 5.80. The van der Waals surface area contributed by atoms with Gasteiger partial charge >= 0.3 is 0 Å². The van der Waals surface area contributed by atoms with E-state index in [0.717, 1.165) is 16.9 Å². The van der Waals surface area contributed by atoms with Gasteiger partial charge in [-0.25, -0.2) is 9.07 Å². The van der Waals surface area contributed by atoms with Crippen molar-refractivity contribution >= 4 is 0 Å². The zero-order valence-corrected chi connectivity index (χ0v) is 11.4. The van der Waals surface area contributed by atoms with Crippen LogP contribution in [0.25, 0.3) is 5.69 Å². The molecule has 1 unspecified atom stereocenters. The fourth-order valence-electron chi connectivity index (χ4n) is 2.28. The number of rotatable bonds is 4. The lowest BCUT2D eigenvalue weighted by Gasteiger charge is -2.17. The van der Waals surface area contributed by atoms with Crippen molar-refractivity contribution < 1.29 is 4.39 Å². The second-order valence-corrected chi connectivity index (χ2v) is 4.56. The molecule has 1 atom stereocenters. The molecule has 2 heterocycles. The van der Waals surface area contributed by atoms with E-state index < -0.39 is 0 Å². The maximum Gasteiger partial charge on any atom is 0.141 e. The molecule has 0 saturated heterocycles. The number of benzene rings is 1. The van der Waals surface area contributed by atoms with Crippen LogP contribution in [0.3, 0.4) is 0 Å². The quantitative estimate of drug-likeness (QED) is 0.797. The van der Waals surface area contributed by atoms with E-state index >= 15 is 0 Å². The van der Waals surface area contributed by atoms with Crippen LogP contribution >= 0.6 is 0 Å². The molecule has 0 aliphatic heterocycles. The first-order valence-electron chi connectivity index (χ1n) is 6.53. The van der Waals surface area contributed by atoms with E-state index in [-0.39, 0.29) is 11.9 Å². The highest BCUT2D eigenvalue weighted by atomic mass is 19.1. The number of para-hydroxylation sites is 1. The first-order valence-corrected chi connectivity index (χ1v) is 6.53. The predicted octanol–water partition coefficient (Wildman–Crippen LogP) is 2.11. The van der Waals surface area contributed by atoms with Crippen molar-refractivity contribution in [3.63, 3.8) is 0 Å². The average Bonchev–Trinajstić information content (AvgIpc) is 2.98. The highest BCUT2D eigenvalue weighted by Crippen LogP contribution is 2.22. The minimum atomic E-state index is -0.369. The van der Waals surface area contributed by atoms with Crippen LogP contribution < -0.4 is 5.32 Å². The summed E-state index contributed by atoms with van der Waals surface area (Å²) in [4.78, 5) is 3.90. The van der Waals surface area contributed by atoms with Gasteiger partial charge in [0.15, 0.2) is 0 Å². The smallest absolute Gasteiger partial charge is 0.141 e. The van der Waals surface area contributed by atoms with E-state index in [9.17, 15) is 4.39 Å². The number of nitrogens with one attached hydrogen (secondary N) is 1. The number of hydrogen-bond donors (Lipinski definition) is 1. The van der Waals surface area contributed by atoms with Crippen molar-refractivity contribution in [2.24, 2.45) is 0 Å². The summed E-state index contributed by atoms with van der Waals surface area (Å²) in [6, 6.07) is 10.9. The van der Waals surface area contributed by atoms with Crippen molar-refractivity contribution in [2.75, 3.05) is 7.05 Å². The Kier molecular flexibility index (Phi) is 3.70. The Morgan fingerprint density at radius 3 is 2.67 bits per heavy atom. The van der Waals surface area contributed by atoms with Gasteiger partial charge in [-0.2, -0.15) is 0 Å². The molecule has 1 aromatic carbocycles. The van der Waals surface area contributed by atoms with Crippen molar-refractivity contribution in [1.82, 2.24) is 25.3 Å². The molecule has 0 aliphatic carbocycles. The summed E-state index contributed by atoms with van der Waals surface area (Å²) in [5, 5.41) is 11.2. The number of aromatic nitrogens is 4. The van der Waals surface area contributed by atoms with Crippen LogP contribution in [0, 0.1) is 5.82 Å². The predicted molar refractivity (Wildman–Crippen MR) is 76.5 cm³/mol. The summed E-state index contributed by atoms with van der Waals surface area (Å²) in [5.41, 5.74) is 2.43. The molecule has 0 saturated carbocycles. The Bertz CT molecular complexity index is 726. The van der Waals surface area contributed by atoms with Crippen LogP contribution in [0.2, 0.25) is 0 Å². The highest BCUT2D eigenvalue weighted by Gasteiger charge is 2.19. The Morgan fingerprint density at radius 1 is 1.14 bits per heavy atom. The van der Waals surface area contributed by atoms with Crippen LogP contribution in [0.4, 0.5) is 4.39 Å². The van der Waals surface area contributed by atoms with Crippen LogP contribution in [0.1, 0.15) is 17.3 Å². The molecule has 0 radical (unpaired) electrons. The van der Waals surface area contributed by atoms with Gasteiger partial charge in [0.2, 0.25) is 0 Å². The van der Waals surface area contributed by atoms with Gasteiger partial charge in [0, 0.05) is 6.20 Å². The lowest BCUT2D eigenvalue weighted by molar-refractivity contribution is 0.598. The average molecular weight is 283 g/mol. The SMILES string of the molecule is CNC(c1cncc(F)c1)c1cnnn1-c1ccccc1. The lowest BCUT2D eigenvalue weighted by atomic mass is 10.1. The van der Waals surface area contributed by atoms with Gasteiger partial charge in [0.1, 0.15) is 5.82 Å². The molecule has 0 bridgehead atoms. The zero-order valence-electron chi connectivity index (χ0n) is 11.4. The minimum Gasteiger partial charge on any atom is -0.308 e. The highest BCUT2D eigenvalue weighted by molar-refractivity contribution is 5.34. The largest absolute Gasteiger partial charge is 0.308 e. The molecular formula is C15H14FN5. The molecule has 2 aromatic heterocycles. The third-order valence-electron chi connectivity index (χ3n) is 3.22. The van der Waals surface area contributed by atoms with Gasteiger partial charge in [-0.3, -0.25) is 4.98 Å². The van der Waals surface area contributed by atoms with Gasteiger partial charge in [0.05, 0.1) is 29.8 Å². The summed E-state index contributed by atoms with van der Waals surface area (Å²) in [6.07, 6.45) is 4.48. The Labute approximate surface area is 121 Å². The molecule has 106 valence electrons. The molecule has 3 aromatic rings. The van der Waals surface area contributed by atoms with Crippen LogP contribution in [-0.2, 0) is 0 Å². The van der Waals surface area contributed by atoms with Gasteiger partial charge in [-0.15, -0.1) is 5.10 Å². The van der Waals surface area contributed by atoms with E-state index in [1.807, 2.05) is 30.3 Å². The maximum atomic E-state index is 13.4. The van der Waals surface area contributed by atoms with Crippen LogP contribution in [0.15, 0.2) is 55.0 Å². The fourth-order valence-corrected chi connectivity index (χ4v) is 2.28. The van der Waals surface area contributed by atoms with Gasteiger partial charge in [0.25, 0.3) is 0 Å². The Morgan fingerprint density at radius 2 is 1.95 bits per heavy atom. The summed E-state index contributed by atoms with van der Waals surface area (Å²) in [6.45, 7) is 0. The summed E-state index contributed by atoms with van der Waals surface area (Å²) >= 11 is 0. The molecule has 0 aliphatic rings. The zero-order chi connectivity index (χ0) is 14.7. The second-order valence-electron chi connectivity index (χ2n) is 4.56. The number of nitrogens with zero attached hydrogens (tertiary/aromatic N) is 4. The van der Waals surface area contributed by atoms with E-state index in [4.69, 9.17) is 0 Å². The number of pyridine rings is 1. The molecule has 5 nitrogen and oxygen atoms in total. The molecule has 6 heteroatoms. The van der Waals surface area contributed by atoms with Gasteiger partial charge in [-0.05, 0) is 30.8 Å². The number of halogens is 1. The summed E-state index contributed by atoms with van der Waals surface area (Å²) in [5.74, 6) is -0.369. The molecule has 21 heavy (non-hydrogen) atoms. The summed E-state index contributed by atoms with van der Waals surface area (Å²) in [7, 11) is 1.80. The Hall–Kier alpha value is -2.60. The third-order valence-corrected chi connectivity index (χ3v) is 3.22. The molecular weight excluding hydrogens is 269 g/mol. The van der Waals surface area contributed by atoms with Crippen LogP contribution in [0.5, 0.6) is 0 Å². The first-order chi connectivity index (χ1) is 10.3. The van der Waals surface area contributed by atoms with E-state index in [0.29, 0.717) is 0 Å². The summed E-state index contributed by atoms with van der Waals surface area (Å²) < 4.78 is 15.1. The maximum absolute atomic E-state index is 13.4. The Balaban J connectivity index is 2.05. The number of hydrogen-bond acceptors (Lipinski definition) is 4. The van der Waals surface area contributed by atoms with Gasteiger partial charge in [-0.1, -0.05) is 23.4 Å². The lowest BCUT2D eigenvalue weighted by Crippen LogP contribution is -2.21. The van der Waals surface area contributed by atoms with Crippen molar-refractivity contribution in [3.8, 4) is 5.69 Å². The van der Waals surface area contributed by atoms with Crippen LogP contribution in [-0.4, -0.2) is 27.0 Å². The molecule has 0 amide bonds. The standard InChI is InChI=1S/C15H14FN5/c1-17-15(11-7-12(16)9-18-8-11)14-10-19-20-21(14)13-5-3-2-4-6-13/h2-10,15,17H,1H3. The fraction of sp³-hybridized carbons (Fsp3) is 0.133. The van der Waals surface area contributed by atoms with E-state index in [1.165, 1.54) is 12.3 Å². The monoisotopic (exact) mass is 283 g/mol.